The van der Waals surface area contributed by atoms with Crippen molar-refractivity contribution in [1.82, 2.24) is 15.1 Å². The lowest BCUT2D eigenvalue weighted by molar-refractivity contribution is 0.0342. The molecule has 21 heavy (non-hydrogen) atoms. The van der Waals surface area contributed by atoms with E-state index in [-0.39, 0.29) is 6.03 Å². The summed E-state index contributed by atoms with van der Waals surface area (Å²) in [4.78, 5) is 17.2. The summed E-state index contributed by atoms with van der Waals surface area (Å²) in [5.74, 6) is 0.689. The van der Waals surface area contributed by atoms with Crippen LogP contribution in [0.1, 0.15) is 38.5 Å². The standard InChI is InChI=1S/C16H29N3O2/c20-16(18-10-12-21-13-11-18)19-9-3-1-2-4-15(19)14-5-7-17-8-6-14/h14-15,17H,1-13H2. The Morgan fingerprint density at radius 1 is 0.952 bits per heavy atom. The fraction of sp³-hybridized carbons (Fsp3) is 0.938. The summed E-state index contributed by atoms with van der Waals surface area (Å²) >= 11 is 0. The molecule has 0 aromatic carbocycles. The maximum absolute atomic E-state index is 12.9. The van der Waals surface area contributed by atoms with Crippen LogP contribution in [0.4, 0.5) is 4.79 Å². The van der Waals surface area contributed by atoms with Crippen molar-refractivity contribution in [2.45, 2.75) is 44.6 Å². The third-order valence-corrected chi connectivity index (χ3v) is 5.25. The molecule has 0 spiro atoms. The van der Waals surface area contributed by atoms with E-state index in [9.17, 15) is 4.79 Å². The average molecular weight is 295 g/mol. The van der Waals surface area contributed by atoms with Crippen LogP contribution in [0.5, 0.6) is 0 Å². The molecule has 3 saturated heterocycles. The van der Waals surface area contributed by atoms with Crippen LogP contribution in [0.15, 0.2) is 0 Å². The van der Waals surface area contributed by atoms with Crippen molar-refractivity contribution in [2.24, 2.45) is 5.92 Å². The van der Waals surface area contributed by atoms with Crippen LogP contribution in [0.25, 0.3) is 0 Å². The summed E-state index contributed by atoms with van der Waals surface area (Å²) in [6.07, 6.45) is 7.35. The lowest BCUT2D eigenvalue weighted by Crippen LogP contribution is -2.54. The molecule has 0 aromatic heterocycles. The highest BCUT2D eigenvalue weighted by Gasteiger charge is 2.34. The molecule has 3 aliphatic heterocycles. The molecule has 3 aliphatic rings. The zero-order valence-electron chi connectivity index (χ0n) is 13.1. The van der Waals surface area contributed by atoms with Crippen molar-refractivity contribution in [3.05, 3.63) is 0 Å². The second-order valence-corrected chi connectivity index (χ2v) is 6.58. The quantitative estimate of drug-likeness (QED) is 0.800. The Bertz CT molecular complexity index is 338. The van der Waals surface area contributed by atoms with Crippen molar-refractivity contribution in [1.29, 1.82) is 0 Å². The minimum Gasteiger partial charge on any atom is -0.378 e. The number of likely N-dealkylation sites (tertiary alicyclic amines) is 1. The van der Waals surface area contributed by atoms with Crippen molar-refractivity contribution in [3.63, 3.8) is 0 Å². The largest absolute Gasteiger partial charge is 0.378 e. The molecule has 3 rings (SSSR count). The maximum Gasteiger partial charge on any atom is 0.320 e. The normalized spacial score (nSPS) is 29.2. The summed E-state index contributed by atoms with van der Waals surface area (Å²) in [5, 5.41) is 3.45. The Morgan fingerprint density at radius 2 is 1.71 bits per heavy atom. The van der Waals surface area contributed by atoms with Crippen LogP contribution in [0.2, 0.25) is 0 Å². The molecule has 1 unspecified atom stereocenters. The van der Waals surface area contributed by atoms with E-state index in [1.165, 1.54) is 32.1 Å². The number of morpholine rings is 1. The first-order valence-corrected chi connectivity index (χ1v) is 8.70. The fourth-order valence-electron chi connectivity index (χ4n) is 4.03. The van der Waals surface area contributed by atoms with Gasteiger partial charge in [-0.05, 0) is 44.7 Å². The molecule has 2 amide bonds. The summed E-state index contributed by atoms with van der Waals surface area (Å²) in [6, 6.07) is 0.730. The predicted molar refractivity (Wildman–Crippen MR) is 82.3 cm³/mol. The highest BCUT2D eigenvalue weighted by molar-refractivity contribution is 5.75. The third-order valence-electron chi connectivity index (χ3n) is 5.25. The number of hydrogen-bond donors (Lipinski definition) is 1. The van der Waals surface area contributed by atoms with E-state index >= 15 is 0 Å². The topological polar surface area (TPSA) is 44.8 Å². The van der Waals surface area contributed by atoms with Gasteiger partial charge in [-0.1, -0.05) is 12.8 Å². The number of urea groups is 1. The first-order chi connectivity index (χ1) is 10.4. The van der Waals surface area contributed by atoms with Gasteiger partial charge in [-0.2, -0.15) is 0 Å². The lowest BCUT2D eigenvalue weighted by Gasteiger charge is -2.41. The van der Waals surface area contributed by atoms with Gasteiger partial charge in [0.1, 0.15) is 0 Å². The number of piperidine rings is 1. The molecule has 1 atom stereocenters. The Balaban J connectivity index is 1.69. The predicted octanol–water partition coefficient (Wildman–Crippen LogP) is 1.68. The molecular weight excluding hydrogens is 266 g/mol. The van der Waals surface area contributed by atoms with Gasteiger partial charge >= 0.3 is 6.03 Å². The number of carbonyl (C=O) groups is 1. The number of carbonyl (C=O) groups excluding carboxylic acids is 1. The van der Waals surface area contributed by atoms with E-state index in [2.05, 4.69) is 10.2 Å². The Morgan fingerprint density at radius 3 is 2.48 bits per heavy atom. The summed E-state index contributed by atoms with van der Waals surface area (Å²) in [7, 11) is 0. The van der Waals surface area contributed by atoms with E-state index in [4.69, 9.17) is 4.74 Å². The van der Waals surface area contributed by atoms with Gasteiger partial charge in [0, 0.05) is 25.7 Å². The van der Waals surface area contributed by atoms with Gasteiger partial charge in [-0.15, -0.1) is 0 Å². The molecule has 3 fully saturated rings. The number of rotatable bonds is 1. The van der Waals surface area contributed by atoms with Gasteiger partial charge in [0.05, 0.1) is 13.2 Å². The molecule has 3 heterocycles. The monoisotopic (exact) mass is 295 g/mol. The van der Waals surface area contributed by atoms with E-state index in [1.54, 1.807) is 0 Å². The molecule has 0 bridgehead atoms. The highest BCUT2D eigenvalue weighted by Crippen LogP contribution is 2.29. The van der Waals surface area contributed by atoms with E-state index in [0.29, 0.717) is 25.2 Å². The average Bonchev–Trinajstić information content (AvgIpc) is 2.81. The smallest absolute Gasteiger partial charge is 0.320 e. The second kappa shape index (κ2) is 7.45. The van der Waals surface area contributed by atoms with Crippen molar-refractivity contribution in [2.75, 3.05) is 45.9 Å². The molecule has 120 valence electrons. The Hall–Kier alpha value is -0.810. The zero-order valence-corrected chi connectivity index (χ0v) is 13.1. The van der Waals surface area contributed by atoms with E-state index < -0.39 is 0 Å². The molecule has 1 N–H and O–H groups in total. The van der Waals surface area contributed by atoms with Gasteiger partial charge in [0.15, 0.2) is 0 Å². The first-order valence-electron chi connectivity index (χ1n) is 8.70. The molecule has 0 aromatic rings. The SMILES string of the molecule is O=C(N1CCOCC1)N1CCCCCC1C1CCNCC1. The summed E-state index contributed by atoms with van der Waals surface area (Å²) < 4.78 is 5.38. The Kier molecular flexibility index (Phi) is 5.36. The van der Waals surface area contributed by atoms with Crippen LogP contribution < -0.4 is 5.32 Å². The number of ether oxygens (including phenoxy) is 1. The Labute approximate surface area is 128 Å². The first kappa shape index (κ1) is 15.1. The minimum absolute atomic E-state index is 0.267. The van der Waals surface area contributed by atoms with Crippen LogP contribution in [0, 0.1) is 5.92 Å². The van der Waals surface area contributed by atoms with Crippen LogP contribution in [-0.2, 0) is 4.74 Å². The zero-order chi connectivity index (χ0) is 14.5. The second-order valence-electron chi connectivity index (χ2n) is 6.58. The molecular formula is C16H29N3O2. The minimum atomic E-state index is 0.267. The summed E-state index contributed by atoms with van der Waals surface area (Å²) in [5.41, 5.74) is 0. The van der Waals surface area contributed by atoms with Gasteiger partial charge < -0.3 is 19.9 Å². The summed E-state index contributed by atoms with van der Waals surface area (Å²) in [6.45, 7) is 6.07. The molecule has 5 nitrogen and oxygen atoms in total. The molecule has 5 heteroatoms. The molecule has 0 saturated carbocycles. The number of amides is 2. The maximum atomic E-state index is 12.9. The van der Waals surface area contributed by atoms with E-state index in [0.717, 1.165) is 39.1 Å². The van der Waals surface area contributed by atoms with Crippen molar-refractivity contribution < 1.29 is 9.53 Å². The molecule has 0 radical (unpaired) electrons. The molecule has 0 aliphatic carbocycles. The fourth-order valence-corrected chi connectivity index (χ4v) is 4.03. The number of nitrogens with one attached hydrogen (secondary N) is 1. The van der Waals surface area contributed by atoms with E-state index in [1.807, 2.05) is 4.90 Å². The van der Waals surface area contributed by atoms with Gasteiger partial charge in [-0.25, -0.2) is 4.79 Å². The lowest BCUT2D eigenvalue weighted by atomic mass is 9.87. The number of nitrogens with zero attached hydrogens (tertiary/aromatic N) is 2. The van der Waals surface area contributed by atoms with Crippen molar-refractivity contribution in [3.8, 4) is 0 Å². The number of hydrogen-bond acceptors (Lipinski definition) is 3. The van der Waals surface area contributed by atoms with Gasteiger partial charge in [0.2, 0.25) is 0 Å². The van der Waals surface area contributed by atoms with Crippen LogP contribution in [0.3, 0.4) is 0 Å². The van der Waals surface area contributed by atoms with Gasteiger partial charge in [0.25, 0.3) is 0 Å². The highest BCUT2D eigenvalue weighted by atomic mass is 16.5. The third kappa shape index (κ3) is 3.69. The van der Waals surface area contributed by atoms with Crippen LogP contribution >= 0.6 is 0 Å². The van der Waals surface area contributed by atoms with Gasteiger partial charge in [-0.3, -0.25) is 0 Å². The van der Waals surface area contributed by atoms with Crippen molar-refractivity contribution >= 4 is 6.03 Å². The van der Waals surface area contributed by atoms with Crippen LogP contribution in [-0.4, -0.2) is 67.8 Å².